The Morgan fingerprint density at radius 2 is 1.22 bits per heavy atom. The molecule has 3 N–H and O–H groups in total. The third-order valence-electron chi connectivity index (χ3n) is 6.12. The number of hydrogen-bond donors (Lipinski definition) is 3. The maximum absolute atomic E-state index is 9.94. The van der Waals surface area contributed by atoms with Gasteiger partial charge in [0, 0.05) is 6.04 Å². The monoisotopic (exact) mass is 487 g/mol. The molecule has 3 nitrogen and oxygen atoms in total. The SMILES string of the molecule is Br.Oc1cc2c(cc1O)C(Cc1ccc(-c3ccc(-c4ccccc4)cc3)cc1)NCC2. The molecule has 0 saturated carbocycles. The van der Waals surface area contributed by atoms with Crippen LogP contribution in [0.25, 0.3) is 22.3 Å². The average molecular weight is 488 g/mol. The number of hydrogen-bond acceptors (Lipinski definition) is 3. The minimum absolute atomic E-state index is 0. The Labute approximate surface area is 199 Å². The molecule has 5 rings (SSSR count). The summed E-state index contributed by atoms with van der Waals surface area (Å²) in [5.41, 5.74) is 8.26. The van der Waals surface area contributed by atoms with Crippen molar-refractivity contribution in [3.8, 4) is 33.8 Å². The zero-order valence-corrected chi connectivity index (χ0v) is 19.4. The van der Waals surface area contributed by atoms with Crippen molar-refractivity contribution in [2.45, 2.75) is 18.9 Å². The maximum atomic E-state index is 9.94. The number of aromatic hydroxyl groups is 2. The van der Waals surface area contributed by atoms with Crippen molar-refractivity contribution in [2.75, 3.05) is 6.54 Å². The van der Waals surface area contributed by atoms with Crippen LogP contribution in [-0.4, -0.2) is 16.8 Å². The molecule has 0 amide bonds. The lowest BCUT2D eigenvalue weighted by Gasteiger charge is -2.27. The van der Waals surface area contributed by atoms with Crippen molar-refractivity contribution in [3.63, 3.8) is 0 Å². The van der Waals surface area contributed by atoms with E-state index < -0.39 is 0 Å². The molecule has 0 saturated heterocycles. The van der Waals surface area contributed by atoms with E-state index in [-0.39, 0.29) is 34.5 Å². The molecule has 32 heavy (non-hydrogen) atoms. The highest BCUT2D eigenvalue weighted by Gasteiger charge is 2.22. The van der Waals surface area contributed by atoms with Crippen molar-refractivity contribution in [1.29, 1.82) is 0 Å². The predicted octanol–water partition coefficient (Wildman–Crippen LogP) is 6.44. The first kappa shape index (κ1) is 22.1. The number of fused-ring (bicyclic) bond motifs is 1. The minimum Gasteiger partial charge on any atom is -0.504 e. The second kappa shape index (κ2) is 9.60. The van der Waals surface area contributed by atoms with Gasteiger partial charge in [0.2, 0.25) is 0 Å². The maximum Gasteiger partial charge on any atom is 0.157 e. The van der Waals surface area contributed by atoms with E-state index in [2.05, 4.69) is 78.1 Å². The predicted molar refractivity (Wildman–Crippen MR) is 136 cm³/mol. The Hall–Kier alpha value is -3.08. The van der Waals surface area contributed by atoms with E-state index in [0.29, 0.717) is 0 Å². The molecule has 4 aromatic carbocycles. The molecule has 1 atom stereocenters. The Balaban J connectivity index is 0.00000245. The first-order chi connectivity index (χ1) is 15.2. The number of phenols is 2. The fourth-order valence-electron chi connectivity index (χ4n) is 4.40. The summed E-state index contributed by atoms with van der Waals surface area (Å²) < 4.78 is 0. The van der Waals surface area contributed by atoms with E-state index in [4.69, 9.17) is 0 Å². The second-order valence-electron chi connectivity index (χ2n) is 8.14. The Kier molecular flexibility index (Phi) is 6.63. The molecule has 0 aromatic heterocycles. The molecule has 0 fully saturated rings. The molecule has 0 bridgehead atoms. The van der Waals surface area contributed by atoms with Crippen LogP contribution in [0.1, 0.15) is 22.7 Å². The molecule has 0 aliphatic carbocycles. The summed E-state index contributed by atoms with van der Waals surface area (Å²) in [5, 5.41) is 23.3. The average Bonchev–Trinajstić information content (AvgIpc) is 2.82. The Morgan fingerprint density at radius 1 is 0.688 bits per heavy atom. The summed E-state index contributed by atoms with van der Waals surface area (Å²) in [6.45, 7) is 0.869. The van der Waals surface area contributed by atoms with Crippen molar-refractivity contribution >= 4 is 17.0 Å². The number of nitrogens with one attached hydrogen (secondary N) is 1. The zero-order valence-electron chi connectivity index (χ0n) is 17.7. The summed E-state index contributed by atoms with van der Waals surface area (Å²) in [7, 11) is 0. The van der Waals surface area contributed by atoms with E-state index in [0.717, 1.165) is 30.5 Å². The minimum atomic E-state index is -0.0539. The van der Waals surface area contributed by atoms with Crippen LogP contribution in [0.15, 0.2) is 91.0 Å². The van der Waals surface area contributed by atoms with Crippen molar-refractivity contribution in [2.24, 2.45) is 0 Å². The van der Waals surface area contributed by atoms with Gasteiger partial charge in [0.25, 0.3) is 0 Å². The Morgan fingerprint density at radius 3 is 1.84 bits per heavy atom. The molecule has 1 unspecified atom stereocenters. The Bertz CT molecular complexity index is 1190. The van der Waals surface area contributed by atoms with E-state index in [9.17, 15) is 10.2 Å². The second-order valence-corrected chi connectivity index (χ2v) is 8.14. The van der Waals surface area contributed by atoms with Crippen LogP contribution in [0.3, 0.4) is 0 Å². The van der Waals surface area contributed by atoms with Crippen LogP contribution >= 0.6 is 17.0 Å². The van der Waals surface area contributed by atoms with Crippen LogP contribution in [0.4, 0.5) is 0 Å². The van der Waals surface area contributed by atoms with E-state index >= 15 is 0 Å². The third-order valence-corrected chi connectivity index (χ3v) is 6.12. The van der Waals surface area contributed by atoms with E-state index in [1.54, 1.807) is 12.1 Å². The van der Waals surface area contributed by atoms with Gasteiger partial charge < -0.3 is 15.5 Å². The van der Waals surface area contributed by atoms with E-state index in [1.807, 2.05) is 6.07 Å². The van der Waals surface area contributed by atoms with Gasteiger partial charge in [0.1, 0.15) is 0 Å². The lowest BCUT2D eigenvalue weighted by molar-refractivity contribution is 0.398. The largest absolute Gasteiger partial charge is 0.504 e. The number of benzene rings is 4. The quantitative estimate of drug-likeness (QED) is 0.290. The normalized spacial score (nSPS) is 14.9. The van der Waals surface area contributed by atoms with Crippen LogP contribution < -0.4 is 5.32 Å². The van der Waals surface area contributed by atoms with Gasteiger partial charge in [-0.05, 0) is 70.5 Å². The van der Waals surface area contributed by atoms with Crippen LogP contribution in [-0.2, 0) is 12.8 Å². The van der Waals surface area contributed by atoms with Crippen LogP contribution in [0.2, 0.25) is 0 Å². The number of rotatable bonds is 4. The van der Waals surface area contributed by atoms with Crippen molar-refractivity contribution < 1.29 is 10.2 Å². The summed E-state index contributed by atoms with van der Waals surface area (Å²) in [6, 6.07) is 31.3. The fraction of sp³-hybridized carbons (Fsp3) is 0.143. The van der Waals surface area contributed by atoms with Gasteiger partial charge in [-0.15, -0.1) is 17.0 Å². The first-order valence-electron chi connectivity index (χ1n) is 10.7. The molecule has 4 aromatic rings. The highest BCUT2D eigenvalue weighted by molar-refractivity contribution is 8.93. The molecular weight excluding hydrogens is 462 g/mol. The van der Waals surface area contributed by atoms with Crippen molar-refractivity contribution in [3.05, 3.63) is 108 Å². The fourth-order valence-corrected chi connectivity index (χ4v) is 4.40. The number of phenolic OH excluding ortho intramolecular Hbond substituents is 2. The summed E-state index contributed by atoms with van der Waals surface area (Å²) in [6.07, 6.45) is 1.70. The molecule has 0 radical (unpaired) electrons. The van der Waals surface area contributed by atoms with Gasteiger partial charge in [-0.25, -0.2) is 0 Å². The van der Waals surface area contributed by atoms with Gasteiger partial charge in [-0.2, -0.15) is 0 Å². The molecule has 1 aliphatic rings. The topological polar surface area (TPSA) is 52.5 Å². The summed E-state index contributed by atoms with van der Waals surface area (Å²) in [4.78, 5) is 0. The van der Waals surface area contributed by atoms with Crippen molar-refractivity contribution in [1.82, 2.24) is 5.32 Å². The smallest absolute Gasteiger partial charge is 0.157 e. The van der Waals surface area contributed by atoms with Gasteiger partial charge >= 0.3 is 0 Å². The van der Waals surface area contributed by atoms with Crippen LogP contribution in [0, 0.1) is 0 Å². The van der Waals surface area contributed by atoms with Crippen LogP contribution in [0.5, 0.6) is 11.5 Å². The molecular formula is C28H26BrNO2. The highest BCUT2D eigenvalue weighted by Crippen LogP contribution is 2.35. The standard InChI is InChI=1S/C28H25NO2.BrH/c30-27-17-24-14-15-29-26(25(24)18-28(27)31)16-19-6-8-21(9-7-19)23-12-10-22(11-13-23)20-4-2-1-3-5-20;/h1-13,17-18,26,29-31H,14-16H2;1H. The zero-order chi connectivity index (χ0) is 21.2. The molecule has 1 heterocycles. The number of halogens is 1. The molecule has 1 aliphatic heterocycles. The molecule has 4 heteroatoms. The van der Waals surface area contributed by atoms with Gasteiger partial charge in [0.15, 0.2) is 11.5 Å². The van der Waals surface area contributed by atoms with Gasteiger partial charge in [0.05, 0.1) is 0 Å². The first-order valence-corrected chi connectivity index (χ1v) is 10.7. The van der Waals surface area contributed by atoms with Gasteiger partial charge in [-0.3, -0.25) is 0 Å². The van der Waals surface area contributed by atoms with Gasteiger partial charge in [-0.1, -0.05) is 78.9 Å². The lowest BCUT2D eigenvalue weighted by atomic mass is 9.89. The third kappa shape index (κ3) is 4.57. The summed E-state index contributed by atoms with van der Waals surface area (Å²) >= 11 is 0. The molecule has 0 spiro atoms. The molecule has 162 valence electrons. The lowest BCUT2D eigenvalue weighted by Crippen LogP contribution is -2.31. The summed E-state index contributed by atoms with van der Waals surface area (Å²) in [5.74, 6) is -0.0937. The van der Waals surface area contributed by atoms with E-state index in [1.165, 1.54) is 27.8 Å². The highest BCUT2D eigenvalue weighted by atomic mass is 79.9.